The molecule has 1 aromatic carbocycles. The van der Waals surface area contributed by atoms with Crippen LogP contribution in [0, 0.1) is 6.92 Å². The van der Waals surface area contributed by atoms with Gasteiger partial charge in [-0.15, -0.1) is 11.3 Å². The minimum absolute atomic E-state index is 0.146. The number of carbonyl (C=O) groups is 2. The number of hydrogen-bond donors (Lipinski definition) is 2. The second-order valence-corrected chi connectivity index (χ2v) is 5.34. The van der Waals surface area contributed by atoms with Gasteiger partial charge in [-0.05, 0) is 26.0 Å². The van der Waals surface area contributed by atoms with Gasteiger partial charge in [-0.3, -0.25) is 15.5 Å². The summed E-state index contributed by atoms with van der Waals surface area (Å²) in [6, 6.07) is 7.36. The Labute approximate surface area is 137 Å². The van der Waals surface area contributed by atoms with Crippen LogP contribution in [0.4, 0.5) is 10.8 Å². The zero-order chi connectivity index (χ0) is 16.7. The summed E-state index contributed by atoms with van der Waals surface area (Å²) in [4.78, 5) is 28.0. The molecule has 0 radical (unpaired) electrons. The number of anilines is 2. The molecular weight excluding hydrogens is 316 g/mol. The molecule has 0 unspecified atom stereocenters. The first-order valence-electron chi connectivity index (χ1n) is 6.88. The van der Waals surface area contributed by atoms with E-state index in [1.165, 1.54) is 11.3 Å². The van der Waals surface area contributed by atoms with Gasteiger partial charge in [0.15, 0.2) is 5.13 Å². The second-order valence-electron chi connectivity index (χ2n) is 4.45. The van der Waals surface area contributed by atoms with Crippen LogP contribution >= 0.6 is 11.3 Å². The summed E-state index contributed by atoms with van der Waals surface area (Å²) in [6.07, 6.45) is 1.55. The third-order valence-electron chi connectivity index (χ3n) is 2.69. The van der Waals surface area contributed by atoms with Gasteiger partial charge in [0.1, 0.15) is 0 Å². The van der Waals surface area contributed by atoms with E-state index in [1.54, 1.807) is 30.6 Å². The predicted octanol–water partition coefficient (Wildman–Crippen LogP) is 2.42. The summed E-state index contributed by atoms with van der Waals surface area (Å²) >= 11 is 1.24. The largest absolute Gasteiger partial charge is 0.461 e. The molecule has 0 bridgehead atoms. The van der Waals surface area contributed by atoms with E-state index in [2.05, 4.69) is 20.8 Å². The molecule has 2 aromatic rings. The first-order chi connectivity index (χ1) is 11.1. The van der Waals surface area contributed by atoms with Crippen LogP contribution in [0.3, 0.4) is 0 Å². The summed E-state index contributed by atoms with van der Waals surface area (Å²) in [5, 5.41) is 8.47. The monoisotopic (exact) mass is 332 g/mol. The van der Waals surface area contributed by atoms with Crippen molar-refractivity contribution >= 4 is 39.7 Å². The highest BCUT2D eigenvalue weighted by Gasteiger charge is 2.23. The van der Waals surface area contributed by atoms with Gasteiger partial charge in [0, 0.05) is 11.6 Å². The molecule has 0 saturated heterocycles. The van der Waals surface area contributed by atoms with Crippen LogP contribution in [0.1, 0.15) is 12.5 Å². The van der Waals surface area contributed by atoms with E-state index in [0.29, 0.717) is 10.8 Å². The average Bonchev–Trinajstić information content (AvgIpc) is 3.02. The van der Waals surface area contributed by atoms with Crippen molar-refractivity contribution in [2.75, 3.05) is 17.3 Å². The van der Waals surface area contributed by atoms with Crippen LogP contribution < -0.4 is 10.7 Å². The van der Waals surface area contributed by atoms with E-state index in [9.17, 15) is 9.59 Å². The normalized spacial score (nSPS) is 11.0. The minimum Gasteiger partial charge on any atom is -0.461 e. The molecule has 0 aliphatic carbocycles. The van der Waals surface area contributed by atoms with Gasteiger partial charge >= 0.3 is 5.97 Å². The molecule has 8 heteroatoms. The summed E-state index contributed by atoms with van der Waals surface area (Å²) in [6.45, 7) is 3.76. The molecule has 0 aliphatic rings. The summed E-state index contributed by atoms with van der Waals surface area (Å²) in [7, 11) is 0. The lowest BCUT2D eigenvalue weighted by Gasteiger charge is -2.07. The lowest BCUT2D eigenvalue weighted by atomic mass is 10.2. The number of nitrogens with one attached hydrogen (secondary N) is 2. The maximum absolute atomic E-state index is 12.2. The molecule has 1 aromatic heterocycles. The molecule has 23 heavy (non-hydrogen) atoms. The molecule has 1 amide bonds. The molecular formula is C15H16N4O3S. The Morgan fingerprint density at radius 2 is 2.04 bits per heavy atom. The summed E-state index contributed by atoms with van der Waals surface area (Å²) in [5.74, 6) is -1.49. The smallest absolute Gasteiger partial charge is 0.364 e. The quantitative estimate of drug-likeness (QED) is 0.367. The highest BCUT2D eigenvalue weighted by atomic mass is 32.1. The SMILES string of the molecule is CCOC(=O)/C(=N/Nc1ccc(C)cc1)C(=O)Nc1nccs1. The fourth-order valence-electron chi connectivity index (χ4n) is 1.58. The van der Waals surface area contributed by atoms with Gasteiger partial charge in [0.2, 0.25) is 5.71 Å². The van der Waals surface area contributed by atoms with E-state index >= 15 is 0 Å². The lowest BCUT2D eigenvalue weighted by Crippen LogP contribution is -2.32. The van der Waals surface area contributed by atoms with E-state index in [0.717, 1.165) is 5.56 Å². The van der Waals surface area contributed by atoms with Gasteiger partial charge in [-0.1, -0.05) is 17.7 Å². The minimum atomic E-state index is -0.804. The second kappa shape index (κ2) is 8.04. The molecule has 7 nitrogen and oxygen atoms in total. The maximum atomic E-state index is 12.2. The van der Waals surface area contributed by atoms with Crippen molar-refractivity contribution in [1.29, 1.82) is 0 Å². The molecule has 2 N–H and O–H groups in total. The van der Waals surface area contributed by atoms with Gasteiger partial charge in [-0.2, -0.15) is 5.10 Å². The zero-order valence-electron chi connectivity index (χ0n) is 12.7. The van der Waals surface area contributed by atoms with Crippen LogP contribution in [0.5, 0.6) is 0 Å². The molecule has 2 rings (SSSR count). The lowest BCUT2D eigenvalue weighted by molar-refractivity contribution is -0.135. The Balaban J connectivity index is 2.15. The van der Waals surface area contributed by atoms with Crippen LogP contribution in [0.25, 0.3) is 0 Å². The Hall–Kier alpha value is -2.74. The van der Waals surface area contributed by atoms with Crippen molar-refractivity contribution < 1.29 is 14.3 Å². The topological polar surface area (TPSA) is 92.7 Å². The number of hydrazone groups is 1. The van der Waals surface area contributed by atoms with Crippen molar-refractivity contribution in [1.82, 2.24) is 4.98 Å². The number of thiazole rings is 1. The highest BCUT2D eigenvalue weighted by molar-refractivity contribution is 7.13. The fraction of sp³-hybridized carbons (Fsp3) is 0.200. The van der Waals surface area contributed by atoms with Crippen LogP contribution in [-0.2, 0) is 14.3 Å². The number of carbonyl (C=O) groups excluding carboxylic acids is 2. The molecule has 0 saturated carbocycles. The van der Waals surface area contributed by atoms with Crippen molar-refractivity contribution in [3.05, 3.63) is 41.4 Å². The van der Waals surface area contributed by atoms with Gasteiger partial charge in [-0.25, -0.2) is 9.78 Å². The van der Waals surface area contributed by atoms with Crippen molar-refractivity contribution in [3.8, 4) is 0 Å². The molecule has 0 spiro atoms. The number of hydrogen-bond acceptors (Lipinski definition) is 7. The Kier molecular flexibility index (Phi) is 5.81. The molecule has 0 fully saturated rings. The first-order valence-corrected chi connectivity index (χ1v) is 7.76. The summed E-state index contributed by atoms with van der Waals surface area (Å²) < 4.78 is 4.86. The number of esters is 1. The van der Waals surface area contributed by atoms with Gasteiger partial charge in [0.05, 0.1) is 12.3 Å². The van der Waals surface area contributed by atoms with E-state index in [4.69, 9.17) is 4.74 Å². The molecule has 0 atom stereocenters. The van der Waals surface area contributed by atoms with E-state index in [-0.39, 0.29) is 12.3 Å². The number of aromatic nitrogens is 1. The fourth-order valence-corrected chi connectivity index (χ4v) is 2.10. The Morgan fingerprint density at radius 1 is 1.30 bits per heavy atom. The van der Waals surface area contributed by atoms with Crippen molar-refractivity contribution in [3.63, 3.8) is 0 Å². The Morgan fingerprint density at radius 3 is 2.65 bits per heavy atom. The number of nitrogens with zero attached hydrogens (tertiary/aromatic N) is 2. The molecule has 120 valence electrons. The molecule has 1 heterocycles. The Bertz CT molecular complexity index is 696. The number of benzene rings is 1. The first kappa shape index (κ1) is 16.6. The van der Waals surface area contributed by atoms with E-state index < -0.39 is 11.9 Å². The van der Waals surface area contributed by atoms with Gasteiger partial charge in [0.25, 0.3) is 5.91 Å². The van der Waals surface area contributed by atoms with Crippen LogP contribution in [0.2, 0.25) is 0 Å². The number of rotatable bonds is 6. The number of aryl methyl sites for hydroxylation is 1. The molecule has 0 aliphatic heterocycles. The maximum Gasteiger partial charge on any atom is 0.364 e. The number of ether oxygens (including phenoxy) is 1. The zero-order valence-corrected chi connectivity index (χ0v) is 13.5. The van der Waals surface area contributed by atoms with Crippen LogP contribution in [0.15, 0.2) is 40.9 Å². The summed E-state index contributed by atoms with van der Waals surface area (Å²) in [5.41, 5.74) is 4.05. The van der Waals surface area contributed by atoms with E-state index in [1.807, 2.05) is 19.1 Å². The average molecular weight is 332 g/mol. The third-order valence-corrected chi connectivity index (χ3v) is 3.37. The van der Waals surface area contributed by atoms with Crippen LogP contribution in [-0.4, -0.2) is 29.2 Å². The standard InChI is InChI=1S/C15H16N4O3S/c1-3-22-14(21)12(13(20)17-15-16-8-9-23-15)19-18-11-6-4-10(2)5-7-11/h4-9,18H,3H2,1-2H3,(H,16,17,20)/b19-12+. The highest BCUT2D eigenvalue weighted by Crippen LogP contribution is 2.11. The third kappa shape index (κ3) is 4.89. The van der Waals surface area contributed by atoms with Gasteiger partial charge < -0.3 is 4.74 Å². The van der Waals surface area contributed by atoms with Crippen molar-refractivity contribution in [2.24, 2.45) is 5.10 Å². The number of amides is 1. The predicted molar refractivity (Wildman–Crippen MR) is 89.6 cm³/mol. The van der Waals surface area contributed by atoms with Crippen molar-refractivity contribution in [2.45, 2.75) is 13.8 Å².